The van der Waals surface area contributed by atoms with Gasteiger partial charge in [-0.15, -0.1) is 0 Å². The number of allylic oxidation sites excluding steroid dienone is 2. The molecular formula is C40H53N5O4. The minimum absolute atomic E-state index is 0.0281. The fourth-order valence-corrected chi connectivity index (χ4v) is 7.39. The first-order valence-corrected chi connectivity index (χ1v) is 17.3. The molecule has 2 aliphatic rings. The Bertz CT molecular complexity index is 1980. The standard InChI is InChI=1S/C40H53N5O4/c1-12-27-23(4)32-20-35-28(14-13-17-45(8)9)24(5)31(42-35)18-33-25(6)29(15-16-36(46)48-10)39(44-33)37(26(7)40(47)49-11)38-22(3)21(2)30(43-38)19-34(27)41-32/h13-14,18-20,25-26,29,41-44H,12,15-17H2,1-11H3/b14-13+,32-20?,33-18?,34-19?,39-37?. The number of ether oxygens (including phenoxy) is 2. The first-order valence-electron chi connectivity index (χ1n) is 17.3. The zero-order chi connectivity index (χ0) is 35.7. The molecule has 4 N–H and O–H groups in total. The van der Waals surface area contributed by atoms with Crippen molar-refractivity contribution in [3.8, 4) is 0 Å². The van der Waals surface area contributed by atoms with Crippen LogP contribution in [0.15, 0.2) is 17.5 Å². The van der Waals surface area contributed by atoms with Gasteiger partial charge in [0.05, 0.1) is 20.1 Å². The van der Waals surface area contributed by atoms with Crippen molar-refractivity contribution in [2.24, 2.45) is 17.8 Å². The van der Waals surface area contributed by atoms with Gasteiger partial charge in [-0.25, -0.2) is 0 Å². The molecule has 0 amide bonds. The molecule has 9 heteroatoms. The third kappa shape index (κ3) is 6.86. The van der Waals surface area contributed by atoms with Gasteiger partial charge in [-0.3, -0.25) is 9.59 Å². The summed E-state index contributed by atoms with van der Waals surface area (Å²) in [6.07, 6.45) is 12.7. The van der Waals surface area contributed by atoms with Crippen molar-refractivity contribution in [2.45, 2.75) is 67.7 Å². The second kappa shape index (κ2) is 14.5. The number of carbonyl (C=O) groups is 2. The highest BCUT2D eigenvalue weighted by Gasteiger charge is 2.38. The van der Waals surface area contributed by atoms with E-state index in [4.69, 9.17) is 9.47 Å². The summed E-state index contributed by atoms with van der Waals surface area (Å²) < 4.78 is 10.4. The summed E-state index contributed by atoms with van der Waals surface area (Å²) in [6.45, 7) is 15.7. The Labute approximate surface area is 290 Å². The molecule has 5 rings (SSSR count). The zero-order valence-electron chi connectivity index (χ0n) is 31.0. The molecule has 1 saturated heterocycles. The Morgan fingerprint density at radius 3 is 2.24 bits per heavy atom. The molecule has 3 unspecified atom stereocenters. The normalized spacial score (nSPS) is 17.9. The number of carbonyl (C=O) groups excluding carboxylic acids is 2. The van der Waals surface area contributed by atoms with Crippen LogP contribution in [-0.2, 0) is 25.5 Å². The fraction of sp³-hybridized carbons (Fsp3) is 0.450. The number of aromatic nitrogens is 3. The van der Waals surface area contributed by atoms with Crippen molar-refractivity contribution < 1.29 is 19.1 Å². The molecular weight excluding hydrogens is 614 g/mol. The van der Waals surface area contributed by atoms with E-state index in [1.54, 1.807) is 0 Å². The summed E-state index contributed by atoms with van der Waals surface area (Å²) in [5.41, 5.74) is 13.7. The van der Waals surface area contributed by atoms with Gasteiger partial charge in [0, 0.05) is 80.8 Å². The highest BCUT2D eigenvalue weighted by atomic mass is 16.5. The number of likely N-dealkylation sites (N-methyl/N-ethyl adjacent to an activating group) is 1. The SMILES string of the molecule is CCc1c(C)c2[nH]c1=Cc1[nH]c(c(C)c1C)C(C(C)C(=O)OC)=C1NC(=Cc3[nH]c(c(/C=C/CN(C)C)c3C)C=2)C(C)C1CCC(=O)OC. The van der Waals surface area contributed by atoms with Crippen LogP contribution in [0.25, 0.3) is 29.9 Å². The molecule has 0 radical (unpaired) electrons. The van der Waals surface area contributed by atoms with Gasteiger partial charge >= 0.3 is 11.9 Å². The predicted octanol–water partition coefficient (Wildman–Crippen LogP) is 5.38. The minimum Gasteiger partial charge on any atom is -0.469 e. The topological polar surface area (TPSA) is 115 Å². The molecule has 5 heterocycles. The van der Waals surface area contributed by atoms with Gasteiger partial charge in [0.1, 0.15) is 0 Å². The Morgan fingerprint density at radius 1 is 0.898 bits per heavy atom. The van der Waals surface area contributed by atoms with Crippen LogP contribution in [0.1, 0.15) is 89.8 Å². The number of hydrogen-bond acceptors (Lipinski definition) is 6. The average molecular weight is 668 g/mol. The second-order valence-corrected chi connectivity index (χ2v) is 13.8. The van der Waals surface area contributed by atoms with Gasteiger partial charge < -0.3 is 34.6 Å². The summed E-state index contributed by atoms with van der Waals surface area (Å²) in [7, 11) is 6.99. The lowest BCUT2D eigenvalue weighted by Crippen LogP contribution is -2.21. The van der Waals surface area contributed by atoms with Gasteiger partial charge in [0.15, 0.2) is 0 Å². The number of nitrogens with one attached hydrogen (secondary N) is 4. The Balaban J connectivity index is 1.89. The van der Waals surface area contributed by atoms with Crippen LogP contribution in [0.2, 0.25) is 0 Å². The van der Waals surface area contributed by atoms with Crippen LogP contribution >= 0.6 is 0 Å². The highest BCUT2D eigenvalue weighted by Crippen LogP contribution is 2.44. The van der Waals surface area contributed by atoms with Crippen LogP contribution < -0.4 is 16.0 Å². The van der Waals surface area contributed by atoms with E-state index in [9.17, 15) is 9.59 Å². The highest BCUT2D eigenvalue weighted by molar-refractivity contribution is 5.90. The molecule has 3 aromatic heterocycles. The van der Waals surface area contributed by atoms with Crippen molar-refractivity contribution in [2.75, 3.05) is 34.9 Å². The lowest BCUT2D eigenvalue weighted by Gasteiger charge is -2.22. The third-order valence-electron chi connectivity index (χ3n) is 10.6. The van der Waals surface area contributed by atoms with Gasteiger partial charge in [0.2, 0.25) is 0 Å². The number of fused-ring (bicyclic) bond motifs is 8. The number of nitrogens with zero attached hydrogens (tertiary/aromatic N) is 1. The number of methoxy groups -OCH3 is 2. The lowest BCUT2D eigenvalue weighted by atomic mass is 9.83. The second-order valence-electron chi connectivity index (χ2n) is 13.8. The van der Waals surface area contributed by atoms with Gasteiger partial charge in [-0.1, -0.05) is 26.0 Å². The molecule has 2 aliphatic heterocycles. The van der Waals surface area contributed by atoms with E-state index in [1.165, 1.54) is 25.3 Å². The molecule has 0 aliphatic carbocycles. The summed E-state index contributed by atoms with van der Waals surface area (Å²) in [6, 6.07) is 0. The van der Waals surface area contributed by atoms with Crippen LogP contribution in [0.4, 0.5) is 0 Å². The maximum absolute atomic E-state index is 13.3. The summed E-state index contributed by atoms with van der Waals surface area (Å²) >= 11 is 0. The maximum Gasteiger partial charge on any atom is 0.312 e. The molecule has 1 fully saturated rings. The largest absolute Gasteiger partial charge is 0.469 e. The molecule has 8 bridgehead atoms. The van der Waals surface area contributed by atoms with Crippen LogP contribution in [0, 0.1) is 45.4 Å². The zero-order valence-corrected chi connectivity index (χ0v) is 31.0. The monoisotopic (exact) mass is 667 g/mol. The van der Waals surface area contributed by atoms with Crippen molar-refractivity contribution in [3.63, 3.8) is 0 Å². The molecule has 0 spiro atoms. The Morgan fingerprint density at radius 2 is 1.59 bits per heavy atom. The van der Waals surface area contributed by atoms with E-state index in [0.29, 0.717) is 6.42 Å². The Kier molecular flexibility index (Phi) is 10.6. The maximum atomic E-state index is 13.3. The van der Waals surface area contributed by atoms with Gasteiger partial charge in [0.25, 0.3) is 0 Å². The van der Waals surface area contributed by atoms with E-state index in [1.807, 2.05) is 6.92 Å². The predicted molar refractivity (Wildman–Crippen MR) is 198 cm³/mol. The van der Waals surface area contributed by atoms with Crippen LogP contribution in [-0.4, -0.2) is 66.7 Å². The van der Waals surface area contributed by atoms with Crippen molar-refractivity contribution in [1.29, 1.82) is 0 Å². The van der Waals surface area contributed by atoms with E-state index < -0.39 is 5.92 Å². The summed E-state index contributed by atoms with van der Waals surface area (Å²) in [5.74, 6) is -1.19. The Hall–Kier alpha value is -4.50. The summed E-state index contributed by atoms with van der Waals surface area (Å²) in [5, 5.41) is 5.92. The van der Waals surface area contributed by atoms with Gasteiger partial charge in [-0.05, 0) is 108 Å². The van der Waals surface area contributed by atoms with Crippen LogP contribution in [0.5, 0.6) is 0 Å². The molecule has 3 atom stereocenters. The van der Waals surface area contributed by atoms with E-state index in [2.05, 4.69) is 111 Å². The molecule has 262 valence electrons. The lowest BCUT2D eigenvalue weighted by molar-refractivity contribution is -0.143. The molecule has 49 heavy (non-hydrogen) atoms. The molecule has 9 nitrogen and oxygen atoms in total. The smallest absolute Gasteiger partial charge is 0.312 e. The van der Waals surface area contributed by atoms with E-state index in [0.717, 1.165) is 85.7 Å². The van der Waals surface area contributed by atoms with Crippen molar-refractivity contribution >= 4 is 41.8 Å². The molecule has 3 aromatic rings. The fourth-order valence-electron chi connectivity index (χ4n) is 7.39. The third-order valence-corrected chi connectivity index (χ3v) is 10.6. The number of esters is 2. The van der Waals surface area contributed by atoms with E-state index in [-0.39, 0.29) is 30.2 Å². The quantitative estimate of drug-likeness (QED) is 0.228. The molecule has 0 saturated carbocycles. The number of hydrogen-bond donors (Lipinski definition) is 4. The van der Waals surface area contributed by atoms with Crippen molar-refractivity contribution in [3.05, 3.63) is 84.3 Å². The molecule has 0 aromatic carbocycles. The van der Waals surface area contributed by atoms with Crippen molar-refractivity contribution in [1.82, 2.24) is 25.2 Å². The average Bonchev–Trinajstić information content (AvgIpc) is 3.73. The van der Waals surface area contributed by atoms with Gasteiger partial charge in [-0.2, -0.15) is 0 Å². The first kappa shape index (κ1) is 35.8. The minimum atomic E-state index is -0.574. The number of H-pyrrole nitrogens is 3. The first-order chi connectivity index (χ1) is 23.3. The number of aromatic amines is 3. The van der Waals surface area contributed by atoms with E-state index >= 15 is 0 Å². The van der Waals surface area contributed by atoms with Crippen LogP contribution in [0.3, 0.4) is 0 Å². The summed E-state index contributed by atoms with van der Waals surface area (Å²) in [4.78, 5) is 39.2. The number of rotatable bonds is 9.